The van der Waals surface area contributed by atoms with E-state index in [9.17, 15) is 13.2 Å². The zero-order valence-corrected chi connectivity index (χ0v) is 15.4. The molecule has 0 aromatic heterocycles. The largest absolute Gasteiger partial charge is 0.300 e. The standard InChI is InChI=1S/C18H16BrNO3S/c1-13-6-8-14(9-7-13)20(15-10-11-24(22,23)12-15)18(21)16-4-2-3-5-17(16)19/h2-11,15H,12H2,1H3. The minimum atomic E-state index is -3.27. The molecule has 2 aromatic carbocycles. The first-order valence-corrected chi connectivity index (χ1v) is 9.94. The highest BCUT2D eigenvalue weighted by Gasteiger charge is 2.32. The zero-order valence-electron chi connectivity index (χ0n) is 13.0. The fourth-order valence-electron chi connectivity index (χ4n) is 2.65. The number of amides is 1. The van der Waals surface area contributed by atoms with E-state index in [1.165, 1.54) is 5.41 Å². The van der Waals surface area contributed by atoms with Gasteiger partial charge in [0.05, 0.1) is 17.4 Å². The van der Waals surface area contributed by atoms with Gasteiger partial charge in [-0.3, -0.25) is 4.79 Å². The molecule has 6 heteroatoms. The summed E-state index contributed by atoms with van der Waals surface area (Å²) in [6, 6.07) is 14.1. The van der Waals surface area contributed by atoms with E-state index in [-0.39, 0.29) is 11.7 Å². The molecule has 0 fully saturated rings. The van der Waals surface area contributed by atoms with Crippen LogP contribution in [0.25, 0.3) is 0 Å². The number of anilines is 1. The first kappa shape index (κ1) is 16.9. The Labute approximate surface area is 149 Å². The number of benzene rings is 2. The lowest BCUT2D eigenvalue weighted by Crippen LogP contribution is -2.41. The van der Waals surface area contributed by atoms with E-state index in [2.05, 4.69) is 15.9 Å². The molecule has 0 saturated heterocycles. The number of aryl methyl sites for hydroxylation is 1. The average Bonchev–Trinajstić information content (AvgIpc) is 2.89. The van der Waals surface area contributed by atoms with E-state index in [0.717, 1.165) is 5.56 Å². The third-order valence-electron chi connectivity index (χ3n) is 3.88. The summed E-state index contributed by atoms with van der Waals surface area (Å²) >= 11 is 3.40. The third kappa shape index (κ3) is 3.44. The molecule has 1 aliphatic heterocycles. The third-order valence-corrected chi connectivity index (χ3v) is 5.95. The van der Waals surface area contributed by atoms with Crippen molar-refractivity contribution >= 4 is 37.4 Å². The molecular weight excluding hydrogens is 390 g/mol. The maximum atomic E-state index is 13.1. The molecule has 1 atom stereocenters. The van der Waals surface area contributed by atoms with Gasteiger partial charge in [0.1, 0.15) is 0 Å². The van der Waals surface area contributed by atoms with Crippen LogP contribution in [0.2, 0.25) is 0 Å². The quantitative estimate of drug-likeness (QED) is 0.781. The van der Waals surface area contributed by atoms with Gasteiger partial charge < -0.3 is 4.90 Å². The molecule has 1 amide bonds. The molecule has 0 bridgehead atoms. The van der Waals surface area contributed by atoms with Gasteiger partial charge in [0.15, 0.2) is 9.84 Å². The molecule has 3 rings (SSSR count). The Bertz CT molecular complexity index is 904. The number of sulfone groups is 1. The molecule has 1 unspecified atom stereocenters. The molecular formula is C18H16BrNO3S. The van der Waals surface area contributed by atoms with Gasteiger partial charge in [0.2, 0.25) is 0 Å². The number of carbonyl (C=O) groups excluding carboxylic acids is 1. The molecule has 0 N–H and O–H groups in total. The first-order valence-electron chi connectivity index (χ1n) is 7.43. The van der Waals surface area contributed by atoms with E-state index in [0.29, 0.717) is 15.7 Å². The number of hydrogen-bond acceptors (Lipinski definition) is 3. The van der Waals surface area contributed by atoms with Crippen molar-refractivity contribution in [3.63, 3.8) is 0 Å². The Kier molecular flexibility index (Phi) is 4.60. The van der Waals surface area contributed by atoms with Crippen LogP contribution in [0.15, 0.2) is 64.5 Å². The predicted molar refractivity (Wildman–Crippen MR) is 98.8 cm³/mol. The van der Waals surface area contributed by atoms with E-state index in [4.69, 9.17) is 0 Å². The van der Waals surface area contributed by atoms with Crippen LogP contribution in [0.5, 0.6) is 0 Å². The maximum absolute atomic E-state index is 13.1. The summed E-state index contributed by atoms with van der Waals surface area (Å²) in [7, 11) is -3.27. The zero-order chi connectivity index (χ0) is 17.3. The number of nitrogens with zero attached hydrogens (tertiary/aromatic N) is 1. The highest BCUT2D eigenvalue weighted by Crippen LogP contribution is 2.27. The van der Waals surface area contributed by atoms with Crippen molar-refractivity contribution in [1.29, 1.82) is 0 Å². The summed E-state index contributed by atoms with van der Waals surface area (Å²) in [5.41, 5.74) is 2.24. The minimum Gasteiger partial charge on any atom is -0.300 e. The smallest absolute Gasteiger partial charge is 0.260 e. The van der Waals surface area contributed by atoms with Crippen LogP contribution in [-0.2, 0) is 9.84 Å². The van der Waals surface area contributed by atoms with Gasteiger partial charge in [-0.15, -0.1) is 0 Å². The normalized spacial score (nSPS) is 18.5. The average molecular weight is 406 g/mol. The number of halogens is 1. The Morgan fingerprint density at radius 1 is 1.12 bits per heavy atom. The van der Waals surface area contributed by atoms with E-state index in [1.54, 1.807) is 29.2 Å². The van der Waals surface area contributed by atoms with Crippen LogP contribution >= 0.6 is 15.9 Å². The van der Waals surface area contributed by atoms with E-state index < -0.39 is 15.9 Å². The summed E-state index contributed by atoms with van der Waals surface area (Å²) in [4.78, 5) is 14.7. The molecule has 1 aliphatic rings. The first-order chi connectivity index (χ1) is 11.4. The van der Waals surface area contributed by atoms with Crippen molar-refractivity contribution in [3.8, 4) is 0 Å². The van der Waals surface area contributed by atoms with Gasteiger partial charge in [0, 0.05) is 15.6 Å². The number of carbonyl (C=O) groups is 1. The van der Waals surface area contributed by atoms with Gasteiger partial charge in [0.25, 0.3) is 5.91 Å². The van der Waals surface area contributed by atoms with Gasteiger partial charge in [-0.2, -0.15) is 0 Å². The van der Waals surface area contributed by atoms with Crippen molar-refractivity contribution in [1.82, 2.24) is 0 Å². The van der Waals surface area contributed by atoms with Gasteiger partial charge in [-0.05, 0) is 53.2 Å². The van der Waals surface area contributed by atoms with Crippen molar-refractivity contribution in [2.75, 3.05) is 10.7 Å². The molecule has 0 aliphatic carbocycles. The van der Waals surface area contributed by atoms with Crippen LogP contribution in [0.1, 0.15) is 15.9 Å². The lowest BCUT2D eigenvalue weighted by atomic mass is 10.1. The van der Waals surface area contributed by atoms with E-state index in [1.807, 2.05) is 37.3 Å². The second kappa shape index (κ2) is 6.53. The highest BCUT2D eigenvalue weighted by molar-refractivity contribution is 9.10. The lowest BCUT2D eigenvalue weighted by Gasteiger charge is -2.28. The maximum Gasteiger partial charge on any atom is 0.260 e. The Morgan fingerprint density at radius 2 is 1.79 bits per heavy atom. The fourth-order valence-corrected chi connectivity index (χ4v) is 4.37. The second-order valence-electron chi connectivity index (χ2n) is 5.72. The van der Waals surface area contributed by atoms with Crippen LogP contribution in [0.3, 0.4) is 0 Å². The molecule has 2 aromatic rings. The van der Waals surface area contributed by atoms with Gasteiger partial charge in [-0.1, -0.05) is 29.8 Å². The van der Waals surface area contributed by atoms with Crippen molar-refractivity contribution < 1.29 is 13.2 Å². The Morgan fingerprint density at radius 3 is 2.38 bits per heavy atom. The van der Waals surface area contributed by atoms with Crippen molar-refractivity contribution in [2.45, 2.75) is 13.0 Å². The van der Waals surface area contributed by atoms with E-state index >= 15 is 0 Å². The number of hydrogen-bond donors (Lipinski definition) is 0. The SMILES string of the molecule is Cc1ccc(N(C(=O)c2ccccc2Br)C2C=CS(=O)(=O)C2)cc1. The monoisotopic (exact) mass is 405 g/mol. The van der Waals surface area contributed by atoms with Crippen LogP contribution in [-0.4, -0.2) is 26.1 Å². The molecule has 24 heavy (non-hydrogen) atoms. The fraction of sp³-hybridized carbons (Fsp3) is 0.167. The van der Waals surface area contributed by atoms with Crippen molar-refractivity contribution in [3.05, 3.63) is 75.6 Å². The van der Waals surface area contributed by atoms with Crippen LogP contribution in [0.4, 0.5) is 5.69 Å². The summed E-state index contributed by atoms with van der Waals surface area (Å²) in [6.07, 6.45) is 1.57. The lowest BCUT2D eigenvalue weighted by molar-refractivity contribution is 0.0982. The van der Waals surface area contributed by atoms with Crippen LogP contribution in [0, 0.1) is 6.92 Å². The molecule has 0 radical (unpaired) electrons. The number of rotatable bonds is 3. The minimum absolute atomic E-state index is 0.100. The summed E-state index contributed by atoms with van der Waals surface area (Å²) in [6.45, 7) is 1.96. The summed E-state index contributed by atoms with van der Waals surface area (Å²) in [5, 5.41) is 1.19. The topological polar surface area (TPSA) is 54.5 Å². The Hall–Kier alpha value is -1.92. The molecule has 0 spiro atoms. The molecule has 1 heterocycles. The molecule has 0 saturated carbocycles. The summed E-state index contributed by atoms with van der Waals surface area (Å²) in [5.74, 6) is -0.338. The van der Waals surface area contributed by atoms with Gasteiger partial charge in [-0.25, -0.2) is 8.42 Å². The highest BCUT2D eigenvalue weighted by atomic mass is 79.9. The van der Waals surface area contributed by atoms with Crippen molar-refractivity contribution in [2.24, 2.45) is 0 Å². The summed E-state index contributed by atoms with van der Waals surface area (Å²) < 4.78 is 24.3. The second-order valence-corrected chi connectivity index (χ2v) is 8.50. The van der Waals surface area contributed by atoms with Gasteiger partial charge >= 0.3 is 0 Å². The predicted octanol–water partition coefficient (Wildman–Crippen LogP) is 3.72. The molecule has 124 valence electrons. The van der Waals surface area contributed by atoms with Crippen LogP contribution < -0.4 is 4.90 Å². The Balaban J connectivity index is 2.05. The molecule has 4 nitrogen and oxygen atoms in total.